The van der Waals surface area contributed by atoms with Crippen molar-refractivity contribution in [2.75, 3.05) is 0 Å². The number of hydrogen-bond donors (Lipinski definition) is 0. The highest BCUT2D eigenvalue weighted by atomic mass is 16.5. The van der Waals surface area contributed by atoms with Crippen molar-refractivity contribution in [2.45, 2.75) is 0 Å². The second kappa shape index (κ2) is 8.34. The molecule has 0 spiro atoms. The van der Waals surface area contributed by atoms with Crippen molar-refractivity contribution >= 4 is 54.9 Å². The molecule has 0 aliphatic heterocycles. The van der Waals surface area contributed by atoms with Gasteiger partial charge in [-0.05, 0) is 66.0 Å². The zero-order valence-corrected chi connectivity index (χ0v) is 21.6. The van der Waals surface area contributed by atoms with Gasteiger partial charge in [0.2, 0.25) is 0 Å². The molecule has 192 valence electrons. The van der Waals surface area contributed by atoms with Crippen LogP contribution in [-0.4, -0.2) is 28.7 Å². The Hall–Kier alpha value is -5.82. The summed E-state index contributed by atoms with van der Waals surface area (Å²) in [6.45, 7) is 0. The van der Waals surface area contributed by atoms with Crippen LogP contribution in [0.1, 0.15) is 0 Å². The quantitative estimate of drug-likeness (QED) is 0.219. The average molecular weight is 529 g/mol. The SMILES string of the molecule is c1ccc(-c2cn3c4ncccc4c4ccc(Oc5ccc6c(c5)c5nccn5c5cccnc65)cc4c3n2)cc1. The van der Waals surface area contributed by atoms with Crippen molar-refractivity contribution in [3.63, 3.8) is 0 Å². The van der Waals surface area contributed by atoms with E-state index in [4.69, 9.17) is 14.7 Å². The lowest BCUT2D eigenvalue weighted by Crippen LogP contribution is -1.94. The van der Waals surface area contributed by atoms with Crippen molar-refractivity contribution in [1.29, 1.82) is 0 Å². The van der Waals surface area contributed by atoms with Crippen LogP contribution in [0.4, 0.5) is 0 Å². The number of nitrogens with zero attached hydrogens (tertiary/aromatic N) is 6. The summed E-state index contributed by atoms with van der Waals surface area (Å²) in [6, 6.07) is 30.6. The van der Waals surface area contributed by atoms with Gasteiger partial charge in [-0.2, -0.15) is 0 Å². The smallest absolute Gasteiger partial charge is 0.147 e. The molecular weight excluding hydrogens is 508 g/mol. The van der Waals surface area contributed by atoms with Crippen molar-refractivity contribution < 1.29 is 4.74 Å². The lowest BCUT2D eigenvalue weighted by molar-refractivity contribution is 0.484. The predicted molar refractivity (Wildman–Crippen MR) is 162 cm³/mol. The molecule has 0 atom stereocenters. The first-order chi connectivity index (χ1) is 20.3. The Bertz CT molecular complexity index is 2460. The van der Waals surface area contributed by atoms with Crippen LogP contribution < -0.4 is 4.74 Å². The second-order valence-corrected chi connectivity index (χ2v) is 10.1. The number of aromatic nitrogens is 6. The van der Waals surface area contributed by atoms with Crippen LogP contribution in [-0.2, 0) is 0 Å². The maximum absolute atomic E-state index is 6.47. The van der Waals surface area contributed by atoms with Gasteiger partial charge in [0.15, 0.2) is 0 Å². The highest BCUT2D eigenvalue weighted by Crippen LogP contribution is 2.36. The molecule has 7 heteroatoms. The van der Waals surface area contributed by atoms with Crippen molar-refractivity contribution in [1.82, 2.24) is 28.7 Å². The molecule has 0 aliphatic rings. The normalized spacial score (nSPS) is 11.9. The molecule has 6 heterocycles. The van der Waals surface area contributed by atoms with Gasteiger partial charge in [0.25, 0.3) is 0 Å². The Morgan fingerprint density at radius 2 is 1.27 bits per heavy atom. The first-order valence-corrected chi connectivity index (χ1v) is 13.4. The van der Waals surface area contributed by atoms with E-state index in [0.717, 1.165) is 77.7 Å². The van der Waals surface area contributed by atoms with Crippen LogP contribution in [0.15, 0.2) is 122 Å². The van der Waals surface area contributed by atoms with E-state index in [1.807, 2.05) is 73.3 Å². The minimum absolute atomic E-state index is 0.726. The number of imidazole rings is 2. The van der Waals surface area contributed by atoms with Crippen molar-refractivity contribution in [3.8, 4) is 22.8 Å². The van der Waals surface area contributed by atoms with Crippen LogP contribution >= 0.6 is 0 Å². The maximum atomic E-state index is 6.47. The number of pyridine rings is 4. The predicted octanol–water partition coefficient (Wildman–Crippen LogP) is 7.84. The third-order valence-electron chi connectivity index (χ3n) is 7.72. The van der Waals surface area contributed by atoms with Crippen LogP contribution in [0.3, 0.4) is 0 Å². The number of rotatable bonds is 3. The molecule has 6 aromatic heterocycles. The summed E-state index contributed by atoms with van der Waals surface area (Å²) in [5.41, 5.74) is 6.50. The van der Waals surface area contributed by atoms with Crippen LogP contribution in [0, 0.1) is 0 Å². The number of hydrogen-bond acceptors (Lipinski definition) is 5. The van der Waals surface area contributed by atoms with Crippen molar-refractivity contribution in [2.24, 2.45) is 0 Å². The van der Waals surface area contributed by atoms with Crippen molar-refractivity contribution in [3.05, 3.63) is 122 Å². The molecule has 41 heavy (non-hydrogen) atoms. The molecule has 0 aliphatic carbocycles. The maximum Gasteiger partial charge on any atom is 0.147 e. The Labute approximate surface area is 233 Å². The summed E-state index contributed by atoms with van der Waals surface area (Å²) in [6.07, 6.45) is 9.49. The molecule has 0 amide bonds. The van der Waals surface area contributed by atoms with E-state index in [1.54, 1.807) is 0 Å². The second-order valence-electron chi connectivity index (χ2n) is 10.1. The summed E-state index contributed by atoms with van der Waals surface area (Å²) in [5, 5.41) is 5.16. The fraction of sp³-hybridized carbons (Fsp3) is 0. The first kappa shape index (κ1) is 22.0. The minimum Gasteiger partial charge on any atom is -0.457 e. The lowest BCUT2D eigenvalue weighted by Gasteiger charge is -2.12. The van der Waals surface area contributed by atoms with Gasteiger partial charge in [-0.3, -0.25) is 13.8 Å². The minimum atomic E-state index is 0.726. The van der Waals surface area contributed by atoms with Crippen LogP contribution in [0.2, 0.25) is 0 Å². The van der Waals surface area contributed by atoms with Gasteiger partial charge in [-0.15, -0.1) is 0 Å². The number of ether oxygens (including phenoxy) is 1. The zero-order chi connectivity index (χ0) is 26.9. The average Bonchev–Trinajstić information content (AvgIpc) is 3.71. The molecule has 0 fully saturated rings. The van der Waals surface area contributed by atoms with E-state index in [9.17, 15) is 0 Å². The summed E-state index contributed by atoms with van der Waals surface area (Å²) in [7, 11) is 0. The Morgan fingerprint density at radius 3 is 2.15 bits per heavy atom. The van der Waals surface area contributed by atoms with E-state index >= 15 is 0 Å². The monoisotopic (exact) mass is 528 g/mol. The third-order valence-corrected chi connectivity index (χ3v) is 7.72. The van der Waals surface area contributed by atoms with E-state index in [0.29, 0.717) is 0 Å². The molecule has 7 nitrogen and oxygen atoms in total. The standard InChI is InChI=1S/C34H20N6O/c1-2-6-21(7-3-1)29-20-40-32-26(8-4-15-36-32)24-12-10-22(18-27(24)34(40)38-29)41-23-11-13-25-28(19-23)33-37-16-17-39(33)30-9-5-14-35-31(25)30/h1-20H. The Morgan fingerprint density at radius 1 is 0.537 bits per heavy atom. The number of benzene rings is 3. The van der Waals surface area contributed by atoms with Crippen LogP contribution in [0.25, 0.3) is 66.2 Å². The number of fused-ring (bicyclic) bond motifs is 12. The molecule has 0 bridgehead atoms. The molecule has 0 radical (unpaired) electrons. The van der Waals surface area contributed by atoms with E-state index in [1.165, 1.54) is 0 Å². The molecule has 0 unspecified atom stereocenters. The summed E-state index contributed by atoms with van der Waals surface area (Å²) in [5.74, 6) is 1.45. The largest absolute Gasteiger partial charge is 0.457 e. The molecule has 0 saturated heterocycles. The van der Waals surface area contributed by atoms with Gasteiger partial charge in [0, 0.05) is 58.1 Å². The highest BCUT2D eigenvalue weighted by Gasteiger charge is 2.15. The fourth-order valence-corrected chi connectivity index (χ4v) is 5.90. The van der Waals surface area contributed by atoms with E-state index < -0.39 is 0 Å². The first-order valence-electron chi connectivity index (χ1n) is 13.4. The zero-order valence-electron chi connectivity index (χ0n) is 21.6. The lowest BCUT2D eigenvalue weighted by atomic mass is 10.1. The summed E-state index contributed by atoms with van der Waals surface area (Å²) in [4.78, 5) is 19.1. The molecule has 0 N–H and O–H groups in total. The molecule has 9 rings (SSSR count). The highest BCUT2D eigenvalue weighted by molar-refractivity contribution is 6.12. The molecule has 0 saturated carbocycles. The topological polar surface area (TPSA) is 69.6 Å². The van der Waals surface area contributed by atoms with Gasteiger partial charge in [-0.25, -0.2) is 15.0 Å². The Balaban J connectivity index is 1.23. The molecular formula is C34H20N6O. The Kier molecular flexibility index (Phi) is 4.48. The molecule has 9 aromatic rings. The van der Waals surface area contributed by atoms with Gasteiger partial charge in [0.05, 0.1) is 16.7 Å². The van der Waals surface area contributed by atoms with Gasteiger partial charge in [0.1, 0.15) is 28.4 Å². The molecule has 3 aromatic carbocycles. The van der Waals surface area contributed by atoms with Gasteiger partial charge in [-0.1, -0.05) is 30.3 Å². The van der Waals surface area contributed by atoms with Gasteiger partial charge >= 0.3 is 0 Å². The third kappa shape index (κ3) is 3.26. The van der Waals surface area contributed by atoms with E-state index in [2.05, 4.69) is 67.4 Å². The van der Waals surface area contributed by atoms with Gasteiger partial charge < -0.3 is 4.74 Å². The summed E-state index contributed by atoms with van der Waals surface area (Å²) >= 11 is 0. The van der Waals surface area contributed by atoms with Crippen LogP contribution in [0.5, 0.6) is 11.5 Å². The fourth-order valence-electron chi connectivity index (χ4n) is 5.90. The van der Waals surface area contributed by atoms with E-state index in [-0.39, 0.29) is 0 Å². The summed E-state index contributed by atoms with van der Waals surface area (Å²) < 4.78 is 10.6.